The molecule has 2 unspecified atom stereocenters. The molecule has 0 saturated carbocycles. The van der Waals surface area contributed by atoms with Crippen molar-refractivity contribution in [2.24, 2.45) is 0 Å². The molecule has 0 spiro atoms. The zero-order valence-corrected chi connectivity index (χ0v) is 12.3. The molecule has 20 heavy (non-hydrogen) atoms. The lowest BCUT2D eigenvalue weighted by Crippen LogP contribution is -2.25. The molecule has 104 valence electrons. The lowest BCUT2D eigenvalue weighted by atomic mass is 10.0. The summed E-state index contributed by atoms with van der Waals surface area (Å²) >= 11 is 7.36. The van der Waals surface area contributed by atoms with Crippen molar-refractivity contribution in [1.82, 2.24) is 0 Å². The van der Waals surface area contributed by atoms with Crippen LogP contribution in [-0.4, -0.2) is 16.5 Å². The van der Waals surface area contributed by atoms with Crippen LogP contribution in [0.4, 0.5) is 4.39 Å². The largest absolute Gasteiger partial charge is 0.392 e. The summed E-state index contributed by atoms with van der Waals surface area (Å²) in [6, 6.07) is 12.9. The minimum absolute atomic E-state index is 0.117. The molecule has 0 aliphatic carbocycles. The van der Waals surface area contributed by atoms with E-state index in [4.69, 9.17) is 11.6 Å². The Morgan fingerprint density at radius 2 is 2.10 bits per heavy atom. The first kappa shape index (κ1) is 13.9. The van der Waals surface area contributed by atoms with Crippen molar-refractivity contribution in [3.8, 4) is 0 Å². The van der Waals surface area contributed by atoms with E-state index in [1.165, 1.54) is 22.6 Å². The molecule has 2 aromatic rings. The van der Waals surface area contributed by atoms with Gasteiger partial charge in [0.25, 0.3) is 0 Å². The summed E-state index contributed by atoms with van der Waals surface area (Å²) in [4.78, 5) is 1.24. The minimum Gasteiger partial charge on any atom is -0.392 e. The van der Waals surface area contributed by atoms with E-state index in [0.717, 1.165) is 12.0 Å². The van der Waals surface area contributed by atoms with E-state index in [1.54, 1.807) is 17.8 Å². The SMILES string of the molecule is OC(Cc1ccc(Cl)c(F)c1)C1Cc2ccccc2S1. The summed E-state index contributed by atoms with van der Waals surface area (Å²) in [5.41, 5.74) is 2.06. The molecule has 1 N–H and O–H groups in total. The van der Waals surface area contributed by atoms with Gasteiger partial charge in [-0.1, -0.05) is 35.9 Å². The topological polar surface area (TPSA) is 20.2 Å². The molecule has 4 heteroatoms. The van der Waals surface area contributed by atoms with Crippen LogP contribution in [-0.2, 0) is 12.8 Å². The van der Waals surface area contributed by atoms with Gasteiger partial charge in [-0.3, -0.25) is 0 Å². The number of hydrogen-bond donors (Lipinski definition) is 1. The van der Waals surface area contributed by atoms with Crippen LogP contribution in [0.25, 0.3) is 0 Å². The summed E-state index contributed by atoms with van der Waals surface area (Å²) in [6.07, 6.45) is 0.811. The van der Waals surface area contributed by atoms with E-state index < -0.39 is 11.9 Å². The van der Waals surface area contributed by atoms with Crippen LogP contribution in [0.5, 0.6) is 0 Å². The first-order valence-electron chi connectivity index (χ1n) is 6.50. The van der Waals surface area contributed by atoms with Gasteiger partial charge in [-0.25, -0.2) is 4.39 Å². The molecule has 1 heterocycles. The number of halogens is 2. The van der Waals surface area contributed by atoms with E-state index in [0.29, 0.717) is 6.42 Å². The number of thioether (sulfide) groups is 1. The quantitative estimate of drug-likeness (QED) is 0.921. The second-order valence-corrected chi connectivity index (χ2v) is 6.68. The van der Waals surface area contributed by atoms with E-state index in [2.05, 4.69) is 12.1 Å². The van der Waals surface area contributed by atoms with Crippen molar-refractivity contribution < 1.29 is 9.50 Å². The zero-order valence-electron chi connectivity index (χ0n) is 10.7. The number of fused-ring (bicyclic) bond motifs is 1. The lowest BCUT2D eigenvalue weighted by molar-refractivity contribution is 0.172. The molecule has 0 saturated heterocycles. The Balaban J connectivity index is 1.69. The lowest BCUT2D eigenvalue weighted by Gasteiger charge is -2.17. The molecule has 0 radical (unpaired) electrons. The molecule has 0 fully saturated rings. The summed E-state index contributed by atoms with van der Waals surface area (Å²) in [5.74, 6) is -0.432. The van der Waals surface area contributed by atoms with Crippen LogP contribution in [0.1, 0.15) is 11.1 Å². The third kappa shape index (κ3) is 2.85. The van der Waals surface area contributed by atoms with Crippen molar-refractivity contribution >= 4 is 23.4 Å². The third-order valence-corrected chi connectivity index (χ3v) is 5.27. The molecule has 2 atom stereocenters. The standard InChI is InChI=1S/C16H14ClFOS/c17-12-6-5-10(7-13(12)18)8-14(19)16-9-11-3-1-2-4-15(11)20-16/h1-7,14,16,19H,8-9H2. The predicted molar refractivity (Wildman–Crippen MR) is 80.9 cm³/mol. The first-order valence-corrected chi connectivity index (χ1v) is 7.76. The number of rotatable bonds is 3. The van der Waals surface area contributed by atoms with Crippen LogP contribution >= 0.6 is 23.4 Å². The Morgan fingerprint density at radius 3 is 2.85 bits per heavy atom. The van der Waals surface area contributed by atoms with Crippen LogP contribution in [0, 0.1) is 5.82 Å². The molecule has 2 aromatic carbocycles. The maximum absolute atomic E-state index is 13.4. The van der Waals surface area contributed by atoms with Crippen molar-refractivity contribution in [2.75, 3.05) is 0 Å². The number of benzene rings is 2. The molecule has 0 aromatic heterocycles. The van der Waals surface area contributed by atoms with E-state index in [1.807, 2.05) is 12.1 Å². The number of hydrogen-bond acceptors (Lipinski definition) is 2. The summed E-state index contributed by atoms with van der Waals surface area (Å²) in [6.45, 7) is 0. The molecule has 1 aliphatic rings. The van der Waals surface area contributed by atoms with Gasteiger partial charge in [0.05, 0.1) is 11.1 Å². The van der Waals surface area contributed by atoms with Gasteiger partial charge in [-0.05, 0) is 42.2 Å². The molecular formula is C16H14ClFOS. The summed E-state index contributed by atoms with van der Waals surface area (Å²) < 4.78 is 13.4. The Hall–Kier alpha value is -1.03. The van der Waals surface area contributed by atoms with Crippen molar-refractivity contribution in [3.05, 3.63) is 64.4 Å². The Bertz CT molecular complexity index is 607. The van der Waals surface area contributed by atoms with Crippen molar-refractivity contribution in [3.63, 3.8) is 0 Å². The maximum atomic E-state index is 13.4. The van der Waals surface area contributed by atoms with Crippen LogP contribution in [0.2, 0.25) is 5.02 Å². The van der Waals surface area contributed by atoms with Gasteiger partial charge < -0.3 is 5.11 Å². The molecule has 3 rings (SSSR count). The molecular weight excluding hydrogens is 295 g/mol. The Kier molecular flexibility index (Phi) is 4.01. The minimum atomic E-state index is -0.493. The van der Waals surface area contributed by atoms with Crippen LogP contribution in [0.15, 0.2) is 47.4 Å². The number of aliphatic hydroxyl groups is 1. The molecule has 1 aliphatic heterocycles. The van der Waals surface area contributed by atoms with E-state index in [9.17, 15) is 9.50 Å². The van der Waals surface area contributed by atoms with Crippen LogP contribution < -0.4 is 0 Å². The fourth-order valence-corrected chi connectivity index (χ4v) is 3.88. The van der Waals surface area contributed by atoms with E-state index in [-0.39, 0.29) is 10.3 Å². The van der Waals surface area contributed by atoms with Gasteiger partial charge in [0, 0.05) is 10.1 Å². The van der Waals surface area contributed by atoms with Gasteiger partial charge in [-0.15, -0.1) is 11.8 Å². The van der Waals surface area contributed by atoms with Crippen molar-refractivity contribution in [2.45, 2.75) is 29.1 Å². The number of aliphatic hydroxyl groups excluding tert-OH is 1. The van der Waals surface area contributed by atoms with Gasteiger partial charge in [-0.2, -0.15) is 0 Å². The van der Waals surface area contributed by atoms with E-state index >= 15 is 0 Å². The normalized spacial score (nSPS) is 18.9. The highest BCUT2D eigenvalue weighted by molar-refractivity contribution is 8.00. The molecule has 0 bridgehead atoms. The Morgan fingerprint density at radius 1 is 1.30 bits per heavy atom. The highest BCUT2D eigenvalue weighted by Gasteiger charge is 2.28. The average molecular weight is 309 g/mol. The Labute approximate surface area is 126 Å². The van der Waals surface area contributed by atoms with Gasteiger partial charge in [0.2, 0.25) is 0 Å². The zero-order chi connectivity index (χ0) is 14.1. The van der Waals surface area contributed by atoms with Gasteiger partial charge in [0.1, 0.15) is 5.82 Å². The highest BCUT2D eigenvalue weighted by Crippen LogP contribution is 2.38. The predicted octanol–water partition coefficient (Wildman–Crippen LogP) is 4.10. The summed E-state index contributed by atoms with van der Waals surface area (Å²) in [5, 5.41) is 10.6. The second kappa shape index (κ2) is 5.76. The van der Waals surface area contributed by atoms with Gasteiger partial charge >= 0.3 is 0 Å². The average Bonchev–Trinajstić information content (AvgIpc) is 2.87. The fraction of sp³-hybridized carbons (Fsp3) is 0.250. The van der Waals surface area contributed by atoms with Crippen LogP contribution in [0.3, 0.4) is 0 Å². The fourth-order valence-electron chi connectivity index (χ4n) is 2.46. The van der Waals surface area contributed by atoms with Gasteiger partial charge in [0.15, 0.2) is 0 Å². The first-order chi connectivity index (χ1) is 9.63. The second-order valence-electron chi connectivity index (χ2n) is 4.99. The highest BCUT2D eigenvalue weighted by atomic mass is 35.5. The molecule has 0 amide bonds. The maximum Gasteiger partial charge on any atom is 0.142 e. The monoisotopic (exact) mass is 308 g/mol. The smallest absolute Gasteiger partial charge is 0.142 e. The van der Waals surface area contributed by atoms with Crippen molar-refractivity contribution in [1.29, 1.82) is 0 Å². The summed E-state index contributed by atoms with van der Waals surface area (Å²) in [7, 11) is 0. The third-order valence-electron chi connectivity index (χ3n) is 3.53. The molecule has 1 nitrogen and oxygen atoms in total.